The Kier molecular flexibility index (Phi) is 4.99. The van der Waals surface area contributed by atoms with Gasteiger partial charge in [0.15, 0.2) is 0 Å². The first-order valence-corrected chi connectivity index (χ1v) is 5.70. The average Bonchev–Trinajstić information content (AvgIpc) is 2.01. The molecule has 1 unspecified atom stereocenters. The second-order valence-electron chi connectivity index (χ2n) is 5.23. The molecule has 0 amide bonds. The maximum absolute atomic E-state index is 10.7. The van der Waals surface area contributed by atoms with Gasteiger partial charge in [0.2, 0.25) is 0 Å². The monoisotopic (exact) mass is 218 g/mol. The van der Waals surface area contributed by atoms with Crippen molar-refractivity contribution in [2.75, 3.05) is 5.75 Å². The number of carbonyl (C=O) groups is 1. The number of thiol groups is 1. The Bertz CT molecular complexity index is 195. The van der Waals surface area contributed by atoms with Crippen LogP contribution in [0.25, 0.3) is 0 Å². The fraction of sp³-hybridized carbons (Fsp3) is 0.909. The molecular weight excluding hydrogens is 196 g/mol. The molecule has 0 spiro atoms. The van der Waals surface area contributed by atoms with Gasteiger partial charge in [-0.1, -0.05) is 27.7 Å². The van der Waals surface area contributed by atoms with Gasteiger partial charge in [0.1, 0.15) is 0 Å². The molecular formula is C11H22O2S. The van der Waals surface area contributed by atoms with Gasteiger partial charge in [-0.05, 0) is 29.4 Å². The Balaban J connectivity index is 4.39. The Morgan fingerprint density at radius 3 is 2.14 bits per heavy atom. The lowest BCUT2D eigenvalue weighted by Gasteiger charge is -2.35. The van der Waals surface area contributed by atoms with Gasteiger partial charge < -0.3 is 5.11 Å². The predicted molar refractivity (Wildman–Crippen MR) is 62.9 cm³/mol. The summed E-state index contributed by atoms with van der Waals surface area (Å²) in [6, 6.07) is 0. The van der Waals surface area contributed by atoms with Crippen molar-refractivity contribution in [2.24, 2.45) is 10.8 Å². The van der Waals surface area contributed by atoms with E-state index in [2.05, 4.69) is 26.5 Å². The van der Waals surface area contributed by atoms with Crippen molar-refractivity contribution in [1.29, 1.82) is 0 Å². The maximum Gasteiger partial charge on any atom is 0.303 e. The molecule has 0 fully saturated rings. The summed E-state index contributed by atoms with van der Waals surface area (Å²) in [5, 5.41) is 8.77. The number of hydrogen-bond donors (Lipinski definition) is 2. The lowest BCUT2D eigenvalue weighted by Crippen LogP contribution is -2.28. The first kappa shape index (κ1) is 13.8. The molecule has 0 saturated carbocycles. The van der Waals surface area contributed by atoms with Crippen LogP contribution in [-0.2, 0) is 4.79 Å². The summed E-state index contributed by atoms with van der Waals surface area (Å²) in [6.45, 7) is 8.33. The second kappa shape index (κ2) is 5.06. The van der Waals surface area contributed by atoms with Crippen LogP contribution < -0.4 is 0 Å². The lowest BCUT2D eigenvalue weighted by atomic mass is 9.72. The average molecular weight is 218 g/mol. The molecule has 14 heavy (non-hydrogen) atoms. The van der Waals surface area contributed by atoms with E-state index in [9.17, 15) is 4.79 Å². The summed E-state index contributed by atoms with van der Waals surface area (Å²) in [7, 11) is 0. The molecule has 0 aliphatic carbocycles. The summed E-state index contributed by atoms with van der Waals surface area (Å²) < 4.78 is 0. The summed E-state index contributed by atoms with van der Waals surface area (Å²) in [6.07, 6.45) is 2.18. The van der Waals surface area contributed by atoms with E-state index in [-0.39, 0.29) is 17.3 Å². The van der Waals surface area contributed by atoms with Crippen LogP contribution in [0.5, 0.6) is 0 Å². The fourth-order valence-electron chi connectivity index (χ4n) is 1.92. The standard InChI is InChI=1S/C11H22O2S/c1-5-11(4,8-14)7-10(2,3)6-9(12)13/h14H,5-8H2,1-4H3,(H,12,13). The largest absolute Gasteiger partial charge is 0.481 e. The van der Waals surface area contributed by atoms with Crippen LogP contribution in [0.4, 0.5) is 0 Å². The highest BCUT2D eigenvalue weighted by Gasteiger charge is 2.31. The van der Waals surface area contributed by atoms with Crippen molar-refractivity contribution in [2.45, 2.75) is 47.0 Å². The number of aliphatic carboxylic acids is 1. The van der Waals surface area contributed by atoms with Crippen molar-refractivity contribution in [3.8, 4) is 0 Å². The minimum absolute atomic E-state index is 0.140. The van der Waals surface area contributed by atoms with Gasteiger partial charge in [0.05, 0.1) is 6.42 Å². The van der Waals surface area contributed by atoms with Crippen LogP contribution in [0.1, 0.15) is 47.0 Å². The van der Waals surface area contributed by atoms with Gasteiger partial charge in [0, 0.05) is 0 Å². The minimum Gasteiger partial charge on any atom is -0.481 e. The van der Waals surface area contributed by atoms with E-state index in [1.807, 2.05) is 13.8 Å². The molecule has 0 rings (SSSR count). The fourth-order valence-corrected chi connectivity index (χ4v) is 2.26. The summed E-state index contributed by atoms with van der Waals surface area (Å²) in [4.78, 5) is 10.7. The zero-order valence-corrected chi connectivity index (χ0v) is 10.5. The van der Waals surface area contributed by atoms with Crippen molar-refractivity contribution < 1.29 is 9.90 Å². The molecule has 0 radical (unpaired) electrons. The highest BCUT2D eigenvalue weighted by Crippen LogP contribution is 2.39. The topological polar surface area (TPSA) is 37.3 Å². The van der Waals surface area contributed by atoms with Crippen molar-refractivity contribution in [3.63, 3.8) is 0 Å². The van der Waals surface area contributed by atoms with E-state index in [4.69, 9.17) is 5.11 Å². The van der Waals surface area contributed by atoms with E-state index in [1.165, 1.54) is 0 Å². The summed E-state index contributed by atoms with van der Waals surface area (Å²) in [5.74, 6) is 0.0969. The SMILES string of the molecule is CCC(C)(CS)CC(C)(C)CC(=O)O. The smallest absolute Gasteiger partial charge is 0.303 e. The van der Waals surface area contributed by atoms with E-state index in [1.54, 1.807) is 0 Å². The molecule has 0 aliphatic rings. The minimum atomic E-state index is -0.715. The van der Waals surface area contributed by atoms with E-state index in [0.29, 0.717) is 0 Å². The zero-order chi connectivity index (χ0) is 11.4. The summed E-state index contributed by atoms with van der Waals surface area (Å²) >= 11 is 4.34. The molecule has 0 aliphatic heterocycles. The molecule has 1 N–H and O–H groups in total. The van der Waals surface area contributed by atoms with Gasteiger partial charge in [-0.2, -0.15) is 12.6 Å². The molecule has 0 aromatic rings. The first-order chi connectivity index (χ1) is 6.24. The molecule has 0 aromatic carbocycles. The summed E-state index contributed by atoms with van der Waals surface area (Å²) in [5.41, 5.74) is 0.0153. The zero-order valence-electron chi connectivity index (χ0n) is 9.63. The van der Waals surface area contributed by atoms with Gasteiger partial charge in [-0.25, -0.2) is 0 Å². The quantitative estimate of drug-likeness (QED) is 0.672. The van der Waals surface area contributed by atoms with E-state index in [0.717, 1.165) is 18.6 Å². The Hall–Kier alpha value is -0.180. The van der Waals surface area contributed by atoms with Gasteiger partial charge in [-0.3, -0.25) is 4.79 Å². The third-order valence-electron chi connectivity index (χ3n) is 2.77. The lowest BCUT2D eigenvalue weighted by molar-refractivity contribution is -0.139. The van der Waals surface area contributed by atoms with Crippen molar-refractivity contribution in [1.82, 2.24) is 0 Å². The van der Waals surface area contributed by atoms with Crippen molar-refractivity contribution in [3.05, 3.63) is 0 Å². The van der Waals surface area contributed by atoms with Crippen LogP contribution >= 0.6 is 12.6 Å². The van der Waals surface area contributed by atoms with Crippen LogP contribution in [-0.4, -0.2) is 16.8 Å². The third-order valence-corrected chi connectivity index (χ3v) is 3.53. The Morgan fingerprint density at radius 1 is 1.36 bits per heavy atom. The Morgan fingerprint density at radius 2 is 1.86 bits per heavy atom. The molecule has 0 bridgehead atoms. The normalized spacial score (nSPS) is 16.4. The van der Waals surface area contributed by atoms with Crippen molar-refractivity contribution >= 4 is 18.6 Å². The number of rotatable bonds is 6. The molecule has 3 heteroatoms. The van der Waals surface area contributed by atoms with Crippen LogP contribution in [0, 0.1) is 10.8 Å². The van der Waals surface area contributed by atoms with Crippen LogP contribution in [0.15, 0.2) is 0 Å². The maximum atomic E-state index is 10.7. The molecule has 1 atom stereocenters. The number of carboxylic acids is 1. The molecule has 84 valence electrons. The van der Waals surface area contributed by atoms with Gasteiger partial charge in [-0.15, -0.1) is 0 Å². The molecule has 0 aromatic heterocycles. The van der Waals surface area contributed by atoms with Gasteiger partial charge >= 0.3 is 5.97 Å². The second-order valence-corrected chi connectivity index (χ2v) is 5.55. The molecule has 2 nitrogen and oxygen atoms in total. The number of hydrogen-bond acceptors (Lipinski definition) is 2. The van der Waals surface area contributed by atoms with E-state index >= 15 is 0 Å². The molecule has 0 heterocycles. The predicted octanol–water partition coefficient (Wildman–Crippen LogP) is 3.22. The third kappa shape index (κ3) is 4.89. The first-order valence-electron chi connectivity index (χ1n) is 5.07. The van der Waals surface area contributed by atoms with Gasteiger partial charge in [0.25, 0.3) is 0 Å². The van der Waals surface area contributed by atoms with E-state index < -0.39 is 5.97 Å². The Labute approximate surface area is 92.5 Å². The highest BCUT2D eigenvalue weighted by atomic mass is 32.1. The van der Waals surface area contributed by atoms with Crippen LogP contribution in [0.2, 0.25) is 0 Å². The highest BCUT2D eigenvalue weighted by molar-refractivity contribution is 7.80. The molecule has 0 saturated heterocycles. The van der Waals surface area contributed by atoms with Crippen LogP contribution in [0.3, 0.4) is 0 Å². The number of carboxylic acid groups (broad SMARTS) is 1.